The quantitative estimate of drug-likeness (QED) is 0.182. The maximum Gasteiger partial charge on any atom is 0.0491 e. The molecule has 0 fully saturated rings. The van der Waals surface area contributed by atoms with Gasteiger partial charge in [0.05, 0.1) is 0 Å². The van der Waals surface area contributed by atoms with E-state index in [2.05, 4.69) is 154 Å². The summed E-state index contributed by atoms with van der Waals surface area (Å²) < 4.78 is 2.38. The summed E-state index contributed by atoms with van der Waals surface area (Å²) in [5.74, 6) is 0.225. The van der Waals surface area contributed by atoms with Gasteiger partial charge in [-0.2, -0.15) is 0 Å². The lowest BCUT2D eigenvalue weighted by molar-refractivity contribution is 0.658. The van der Waals surface area contributed by atoms with Gasteiger partial charge < -0.3 is 4.57 Å². The molecular formula is C48H41N. The molecule has 10 rings (SSSR count). The molecule has 0 saturated carbocycles. The lowest BCUT2D eigenvalue weighted by Crippen LogP contribution is -2.16. The molecule has 3 aliphatic rings. The monoisotopic (exact) mass is 631 g/mol. The van der Waals surface area contributed by atoms with Gasteiger partial charge in [-0.1, -0.05) is 123 Å². The second-order valence-electron chi connectivity index (χ2n) is 15.2. The van der Waals surface area contributed by atoms with E-state index in [1.54, 1.807) is 5.57 Å². The van der Waals surface area contributed by atoms with E-state index in [-0.39, 0.29) is 11.3 Å². The predicted octanol–water partition coefficient (Wildman–Crippen LogP) is 12.1. The molecule has 0 bridgehead atoms. The summed E-state index contributed by atoms with van der Waals surface area (Å²) in [6.45, 7) is 7.13. The highest BCUT2D eigenvalue weighted by molar-refractivity contribution is 6.10. The third kappa shape index (κ3) is 4.05. The van der Waals surface area contributed by atoms with Crippen LogP contribution in [0.5, 0.6) is 0 Å². The Balaban J connectivity index is 1.17. The lowest BCUT2D eigenvalue weighted by atomic mass is 9.78. The number of nitrogens with zero attached hydrogens (tertiary/aromatic N) is 1. The van der Waals surface area contributed by atoms with Crippen molar-refractivity contribution >= 4 is 38.2 Å². The molecule has 0 saturated heterocycles. The van der Waals surface area contributed by atoms with Crippen LogP contribution in [0.4, 0.5) is 0 Å². The first kappa shape index (κ1) is 28.8. The normalized spacial score (nSPS) is 16.3. The summed E-state index contributed by atoms with van der Waals surface area (Å²) in [7, 11) is 2.22. The molecule has 0 amide bonds. The van der Waals surface area contributed by atoms with Crippen LogP contribution in [0.2, 0.25) is 0 Å². The average Bonchev–Trinajstić information content (AvgIpc) is 3.73. The second-order valence-corrected chi connectivity index (χ2v) is 15.2. The maximum atomic E-state index is 2.56. The molecule has 1 aromatic heterocycles. The molecular weight excluding hydrogens is 591 g/mol. The number of hydrogen-bond acceptors (Lipinski definition) is 0. The summed E-state index contributed by atoms with van der Waals surface area (Å²) >= 11 is 0. The van der Waals surface area contributed by atoms with Crippen molar-refractivity contribution in [3.05, 3.63) is 171 Å². The second kappa shape index (κ2) is 10.4. The Hall–Kier alpha value is -5.14. The van der Waals surface area contributed by atoms with Crippen molar-refractivity contribution < 1.29 is 0 Å². The Bertz CT molecular complexity index is 2600. The van der Waals surface area contributed by atoms with Crippen LogP contribution in [0.3, 0.4) is 0 Å². The standard InChI is InChI=1S/C48H41N/c1-29-25-43-46(36-16-8-7-14-32(29)36)38-24-23-30(27-42(38)48(43,2)3)26-40(35-19-11-18-34-33-15-6-5-13-31(33)28-41(34)35)37-20-12-22-45-47(37)39-17-9-10-21-44(39)49(45)4/h5,7-14,16-25,27,40H,6,15,26,28H2,1-4H3. The van der Waals surface area contributed by atoms with Crippen molar-refractivity contribution in [2.75, 3.05) is 0 Å². The third-order valence-electron chi connectivity index (χ3n) is 12.3. The van der Waals surface area contributed by atoms with E-state index < -0.39 is 0 Å². The number of benzene rings is 6. The molecule has 238 valence electrons. The van der Waals surface area contributed by atoms with E-state index in [0.717, 1.165) is 25.7 Å². The number of rotatable bonds is 4. The first-order valence-electron chi connectivity index (χ1n) is 18.0. The van der Waals surface area contributed by atoms with Crippen molar-refractivity contribution in [3.8, 4) is 11.1 Å². The van der Waals surface area contributed by atoms with E-state index in [1.165, 1.54) is 93.8 Å². The summed E-state index contributed by atoms with van der Waals surface area (Å²) in [6, 6.07) is 42.0. The van der Waals surface area contributed by atoms with Crippen LogP contribution in [-0.2, 0) is 25.3 Å². The zero-order chi connectivity index (χ0) is 33.0. The van der Waals surface area contributed by atoms with Gasteiger partial charge in [0, 0.05) is 40.2 Å². The number of aromatic nitrogens is 1. The van der Waals surface area contributed by atoms with E-state index in [1.807, 2.05) is 0 Å². The zero-order valence-electron chi connectivity index (χ0n) is 28.9. The molecule has 0 spiro atoms. The number of allylic oxidation sites excluding steroid dienone is 4. The highest BCUT2D eigenvalue weighted by atomic mass is 14.9. The number of para-hydroxylation sites is 1. The number of aryl methyl sites for hydroxylation is 2. The summed E-state index contributed by atoms with van der Waals surface area (Å²) in [4.78, 5) is 0. The van der Waals surface area contributed by atoms with E-state index in [9.17, 15) is 0 Å². The SMILES string of the molecule is Cc1cc2c(c3ccccc13)-c1ccc(CC(c3cccc4c3CC3=C4CCC=C3)c3cccc4c3c3ccccc3n4C)cc1C2(C)C. The first-order valence-corrected chi connectivity index (χ1v) is 18.0. The zero-order valence-corrected chi connectivity index (χ0v) is 28.9. The van der Waals surface area contributed by atoms with Gasteiger partial charge in [-0.3, -0.25) is 0 Å². The molecule has 0 radical (unpaired) electrons. The van der Waals surface area contributed by atoms with Gasteiger partial charge in [0.25, 0.3) is 0 Å². The number of hydrogen-bond donors (Lipinski definition) is 0. The molecule has 1 nitrogen and oxygen atoms in total. The summed E-state index contributed by atoms with van der Waals surface area (Å²) in [5.41, 5.74) is 20.1. The van der Waals surface area contributed by atoms with Gasteiger partial charge in [-0.05, 0) is 122 Å². The van der Waals surface area contributed by atoms with Crippen LogP contribution in [0.1, 0.15) is 77.1 Å². The Morgan fingerprint density at radius 1 is 0.714 bits per heavy atom. The van der Waals surface area contributed by atoms with Crippen LogP contribution >= 0.6 is 0 Å². The first-order chi connectivity index (χ1) is 23.9. The highest BCUT2D eigenvalue weighted by Gasteiger charge is 2.37. The smallest absolute Gasteiger partial charge is 0.0491 e. The third-order valence-corrected chi connectivity index (χ3v) is 12.3. The molecule has 1 heterocycles. The van der Waals surface area contributed by atoms with Crippen molar-refractivity contribution in [2.24, 2.45) is 7.05 Å². The lowest BCUT2D eigenvalue weighted by Gasteiger charge is -2.25. The molecule has 3 aliphatic carbocycles. The van der Waals surface area contributed by atoms with E-state index in [4.69, 9.17) is 0 Å². The molecule has 0 N–H and O–H groups in total. The van der Waals surface area contributed by atoms with Crippen LogP contribution in [0.15, 0.2) is 127 Å². The van der Waals surface area contributed by atoms with Gasteiger partial charge in [0.1, 0.15) is 0 Å². The molecule has 49 heavy (non-hydrogen) atoms. The maximum absolute atomic E-state index is 2.56. The van der Waals surface area contributed by atoms with Crippen molar-refractivity contribution in [1.29, 1.82) is 0 Å². The Kier molecular flexibility index (Phi) is 6.14. The highest BCUT2D eigenvalue weighted by Crippen LogP contribution is 2.53. The van der Waals surface area contributed by atoms with Crippen molar-refractivity contribution in [1.82, 2.24) is 4.57 Å². The summed E-state index contributed by atoms with van der Waals surface area (Å²) in [5, 5.41) is 5.49. The van der Waals surface area contributed by atoms with E-state index in [0.29, 0.717) is 0 Å². The fourth-order valence-electron chi connectivity index (χ4n) is 9.88. The van der Waals surface area contributed by atoms with Crippen molar-refractivity contribution in [2.45, 2.75) is 57.8 Å². The van der Waals surface area contributed by atoms with E-state index >= 15 is 0 Å². The number of fused-ring (bicyclic) bond motifs is 10. The van der Waals surface area contributed by atoms with Gasteiger partial charge >= 0.3 is 0 Å². The minimum Gasteiger partial charge on any atom is -0.344 e. The molecule has 1 atom stereocenters. The molecule has 0 aliphatic heterocycles. The fraction of sp³-hybridized carbons (Fsp3) is 0.208. The van der Waals surface area contributed by atoms with Gasteiger partial charge in [-0.15, -0.1) is 0 Å². The van der Waals surface area contributed by atoms with Crippen LogP contribution in [0.25, 0.3) is 49.3 Å². The fourth-order valence-corrected chi connectivity index (χ4v) is 9.88. The predicted molar refractivity (Wildman–Crippen MR) is 208 cm³/mol. The summed E-state index contributed by atoms with van der Waals surface area (Å²) in [6.07, 6.45) is 9.06. The Morgan fingerprint density at radius 2 is 1.47 bits per heavy atom. The minimum atomic E-state index is -0.0656. The average molecular weight is 632 g/mol. The topological polar surface area (TPSA) is 4.93 Å². The van der Waals surface area contributed by atoms with Crippen LogP contribution in [-0.4, -0.2) is 4.57 Å². The molecule has 6 aromatic carbocycles. The Morgan fingerprint density at radius 3 is 2.35 bits per heavy atom. The van der Waals surface area contributed by atoms with Gasteiger partial charge in [0.15, 0.2) is 0 Å². The Labute approximate surface area is 289 Å². The van der Waals surface area contributed by atoms with Gasteiger partial charge in [0.2, 0.25) is 0 Å². The molecule has 7 aromatic rings. The van der Waals surface area contributed by atoms with Crippen LogP contribution in [0, 0.1) is 6.92 Å². The van der Waals surface area contributed by atoms with Gasteiger partial charge in [-0.25, -0.2) is 0 Å². The minimum absolute atomic E-state index is 0.0656. The van der Waals surface area contributed by atoms with Crippen molar-refractivity contribution in [3.63, 3.8) is 0 Å². The molecule has 1 heteroatoms. The largest absolute Gasteiger partial charge is 0.344 e. The van der Waals surface area contributed by atoms with Crippen LogP contribution < -0.4 is 0 Å². The molecule has 1 unspecified atom stereocenters.